The van der Waals surface area contributed by atoms with Gasteiger partial charge >= 0.3 is 0 Å². The van der Waals surface area contributed by atoms with Crippen LogP contribution in [0, 0.1) is 0 Å². The first-order valence-electron chi connectivity index (χ1n) is 36.7. The molecule has 2 rings (SSSR count). The zero-order valence-corrected chi connectivity index (χ0v) is 55.8. The van der Waals surface area contributed by atoms with Crippen molar-refractivity contribution < 1.29 is 64.6 Å². The molecule has 0 radical (unpaired) electrons. The Balaban J connectivity index is 1.67. The Morgan fingerprint density at radius 2 is 0.736 bits per heavy atom. The molecular weight excluding hydrogens is 1100 g/mol. The fraction of sp³-hybridized carbons (Fsp3) is 0.904. The number of ether oxygens (including phenoxy) is 4. The summed E-state index contributed by atoms with van der Waals surface area (Å²) >= 11 is 0. The predicted octanol–water partition coefficient (Wildman–Crippen LogP) is 15.3. The van der Waals surface area contributed by atoms with E-state index in [4.69, 9.17) is 18.9 Å². The Bertz CT molecular complexity index is 1600. The maximum absolute atomic E-state index is 13.3. The number of carbonyl (C=O) groups is 1. The summed E-state index contributed by atoms with van der Waals surface area (Å²) < 4.78 is 22.9. The summed E-state index contributed by atoms with van der Waals surface area (Å²) in [7, 11) is 0. The van der Waals surface area contributed by atoms with Crippen molar-refractivity contribution in [2.24, 2.45) is 0 Å². The van der Waals surface area contributed by atoms with Gasteiger partial charge < -0.3 is 65.1 Å². The molecule has 12 atom stereocenters. The molecule has 9 N–H and O–H groups in total. The molecule has 14 heteroatoms. The van der Waals surface area contributed by atoms with Crippen molar-refractivity contribution in [3.05, 3.63) is 36.5 Å². The highest BCUT2D eigenvalue weighted by molar-refractivity contribution is 5.76. The quantitative estimate of drug-likeness (QED) is 0.0204. The molecule has 0 aromatic carbocycles. The molecule has 0 saturated carbocycles. The molecule has 2 heterocycles. The SMILES string of the molecule is CCCCCCCCCC/C=C\CCCCCCCCCCCCCCCCCCCC(=O)NC(COC1OC(CO)C(OC2OC(CO)C(O)C(O)C2O)C(O)C1O)C(O)/C=C/CC/C=C/CCCCCCCCCCCCCCCCCCCC. The summed E-state index contributed by atoms with van der Waals surface area (Å²) in [5.41, 5.74) is 0. The van der Waals surface area contributed by atoms with Gasteiger partial charge in [-0.05, 0) is 57.8 Å². The Kier molecular flexibility index (Phi) is 54.3. The molecule has 0 aliphatic carbocycles. The van der Waals surface area contributed by atoms with Crippen molar-refractivity contribution in [2.75, 3.05) is 19.8 Å². The molecule has 512 valence electrons. The number of unbranched alkanes of at least 4 members (excludes halogenated alkanes) is 44. The average Bonchev–Trinajstić information content (AvgIpc) is 1.55. The number of aliphatic hydroxyl groups excluding tert-OH is 8. The van der Waals surface area contributed by atoms with Gasteiger partial charge in [0.25, 0.3) is 0 Å². The second-order valence-electron chi connectivity index (χ2n) is 26.1. The summed E-state index contributed by atoms with van der Waals surface area (Å²) in [5, 5.41) is 87.5. The summed E-state index contributed by atoms with van der Waals surface area (Å²) in [6.45, 7) is 2.83. The summed E-state index contributed by atoms with van der Waals surface area (Å²) in [4.78, 5) is 13.3. The van der Waals surface area contributed by atoms with E-state index < -0.39 is 86.8 Å². The largest absolute Gasteiger partial charge is 0.394 e. The first kappa shape index (κ1) is 81.3. The molecular formula is C73H137NO13. The van der Waals surface area contributed by atoms with Gasteiger partial charge in [-0.3, -0.25) is 4.79 Å². The Morgan fingerprint density at radius 3 is 1.13 bits per heavy atom. The molecule has 14 nitrogen and oxygen atoms in total. The van der Waals surface area contributed by atoms with Crippen LogP contribution in [0.1, 0.15) is 328 Å². The predicted molar refractivity (Wildman–Crippen MR) is 355 cm³/mol. The summed E-state index contributed by atoms with van der Waals surface area (Å²) in [6, 6.07) is -0.931. The van der Waals surface area contributed by atoms with Crippen molar-refractivity contribution >= 4 is 5.91 Å². The van der Waals surface area contributed by atoms with Crippen molar-refractivity contribution in [3.63, 3.8) is 0 Å². The van der Waals surface area contributed by atoms with E-state index in [9.17, 15) is 45.6 Å². The van der Waals surface area contributed by atoms with E-state index in [0.717, 1.165) is 32.1 Å². The summed E-state index contributed by atoms with van der Waals surface area (Å²) in [5.74, 6) is -0.243. The van der Waals surface area contributed by atoms with Crippen molar-refractivity contribution in [2.45, 2.75) is 402 Å². The van der Waals surface area contributed by atoms with Crippen LogP contribution in [0.15, 0.2) is 36.5 Å². The van der Waals surface area contributed by atoms with E-state index in [1.54, 1.807) is 6.08 Å². The number of nitrogens with one attached hydrogen (secondary N) is 1. The lowest BCUT2D eigenvalue weighted by Gasteiger charge is -2.46. The first-order valence-corrected chi connectivity index (χ1v) is 36.7. The van der Waals surface area contributed by atoms with Crippen LogP contribution in [0.4, 0.5) is 0 Å². The van der Waals surface area contributed by atoms with Crippen LogP contribution in [-0.4, -0.2) is 140 Å². The lowest BCUT2D eigenvalue weighted by atomic mass is 9.97. The van der Waals surface area contributed by atoms with E-state index in [2.05, 4.69) is 43.5 Å². The average molecular weight is 1240 g/mol. The highest BCUT2D eigenvalue weighted by Crippen LogP contribution is 2.30. The van der Waals surface area contributed by atoms with Crippen molar-refractivity contribution in [1.29, 1.82) is 0 Å². The Labute approximate surface area is 531 Å². The Hall–Kier alpha value is -1.79. The van der Waals surface area contributed by atoms with Gasteiger partial charge in [0.05, 0.1) is 32.0 Å². The number of allylic oxidation sites excluding steroid dienone is 5. The molecule has 2 fully saturated rings. The number of amides is 1. The van der Waals surface area contributed by atoms with Crippen LogP contribution >= 0.6 is 0 Å². The fourth-order valence-corrected chi connectivity index (χ4v) is 12.2. The van der Waals surface area contributed by atoms with Gasteiger partial charge in [0, 0.05) is 6.42 Å². The van der Waals surface area contributed by atoms with Crippen LogP contribution in [0.25, 0.3) is 0 Å². The van der Waals surface area contributed by atoms with Crippen LogP contribution < -0.4 is 5.32 Å². The number of carbonyl (C=O) groups excluding carboxylic acids is 1. The van der Waals surface area contributed by atoms with E-state index in [0.29, 0.717) is 12.8 Å². The van der Waals surface area contributed by atoms with Crippen molar-refractivity contribution in [3.8, 4) is 0 Å². The van der Waals surface area contributed by atoms with Gasteiger partial charge in [-0.2, -0.15) is 0 Å². The van der Waals surface area contributed by atoms with E-state index in [1.165, 1.54) is 263 Å². The Morgan fingerprint density at radius 1 is 0.402 bits per heavy atom. The number of rotatable bonds is 61. The second kappa shape index (κ2) is 58.1. The third-order valence-electron chi connectivity index (χ3n) is 18.0. The summed E-state index contributed by atoms with van der Waals surface area (Å²) in [6.07, 6.45) is 57.8. The highest BCUT2D eigenvalue weighted by atomic mass is 16.7. The van der Waals surface area contributed by atoms with Crippen LogP contribution in [0.5, 0.6) is 0 Å². The van der Waals surface area contributed by atoms with E-state index in [1.807, 2.05) is 6.08 Å². The lowest BCUT2D eigenvalue weighted by Crippen LogP contribution is -2.65. The minimum absolute atomic E-state index is 0.243. The number of aliphatic hydroxyl groups is 8. The van der Waals surface area contributed by atoms with Crippen molar-refractivity contribution in [1.82, 2.24) is 5.32 Å². The van der Waals surface area contributed by atoms with Crippen LogP contribution in [0.2, 0.25) is 0 Å². The highest BCUT2D eigenvalue weighted by Gasteiger charge is 2.51. The second-order valence-corrected chi connectivity index (χ2v) is 26.1. The third kappa shape index (κ3) is 42.1. The topological polar surface area (TPSA) is 228 Å². The van der Waals surface area contributed by atoms with Gasteiger partial charge in [-0.15, -0.1) is 0 Å². The molecule has 12 unspecified atom stereocenters. The zero-order valence-electron chi connectivity index (χ0n) is 55.8. The molecule has 0 aromatic heterocycles. The van der Waals surface area contributed by atoms with E-state index >= 15 is 0 Å². The number of hydrogen-bond donors (Lipinski definition) is 9. The molecule has 2 aliphatic rings. The standard InChI is InChI=1S/C73H137NO13/c1-3-5-7-9-11-13-15-17-19-21-23-25-27-29-30-31-32-33-35-37-39-41-43-45-47-49-51-53-55-57-65(78)74-61(60-84-72-70(83)68(81)71(64(59-76)86-72)87-73-69(82)67(80)66(79)63(58-75)85-73)62(77)56-54-52-50-48-46-44-42-40-38-36-34-28-26-24-22-20-18-16-14-12-10-8-6-4-2/h21,23,46,48,54,56,61-64,66-73,75-77,79-83H,3-20,22,24-45,47,49-53,55,57-60H2,1-2H3,(H,74,78)/b23-21-,48-46+,56-54+. The van der Waals surface area contributed by atoms with Gasteiger partial charge in [-0.25, -0.2) is 0 Å². The minimum Gasteiger partial charge on any atom is -0.394 e. The first-order chi connectivity index (χ1) is 42.6. The van der Waals surface area contributed by atoms with Crippen LogP contribution in [0.3, 0.4) is 0 Å². The van der Waals surface area contributed by atoms with Crippen LogP contribution in [-0.2, 0) is 23.7 Å². The monoisotopic (exact) mass is 1240 g/mol. The molecule has 0 spiro atoms. The minimum atomic E-state index is -1.79. The third-order valence-corrected chi connectivity index (χ3v) is 18.0. The molecule has 0 bridgehead atoms. The lowest BCUT2D eigenvalue weighted by molar-refractivity contribution is -0.359. The maximum atomic E-state index is 13.3. The smallest absolute Gasteiger partial charge is 0.220 e. The molecule has 0 aromatic rings. The van der Waals surface area contributed by atoms with Gasteiger partial charge in [0.1, 0.15) is 48.8 Å². The maximum Gasteiger partial charge on any atom is 0.220 e. The zero-order chi connectivity index (χ0) is 63.1. The van der Waals surface area contributed by atoms with Gasteiger partial charge in [0.2, 0.25) is 5.91 Å². The molecule has 2 saturated heterocycles. The van der Waals surface area contributed by atoms with E-state index in [-0.39, 0.29) is 18.9 Å². The molecule has 1 amide bonds. The molecule has 2 aliphatic heterocycles. The van der Waals surface area contributed by atoms with Gasteiger partial charge in [-0.1, -0.05) is 301 Å². The van der Waals surface area contributed by atoms with Gasteiger partial charge in [0.15, 0.2) is 12.6 Å². The molecule has 87 heavy (non-hydrogen) atoms. The normalized spacial score (nSPS) is 23.4. The number of hydrogen-bond acceptors (Lipinski definition) is 13. The fourth-order valence-electron chi connectivity index (χ4n) is 12.2.